The number of carbonyl (C=O) groups is 1. The normalized spacial score (nSPS) is 14.9. The lowest BCUT2D eigenvalue weighted by atomic mass is 9.95. The van der Waals surface area contributed by atoms with E-state index in [4.69, 9.17) is 0 Å². The highest BCUT2D eigenvalue weighted by atomic mass is 35.5. The van der Waals surface area contributed by atoms with Crippen LogP contribution in [0, 0.1) is 0 Å². The second-order valence-electron chi connectivity index (χ2n) is 6.47. The number of anilines is 1. The first-order valence-corrected chi connectivity index (χ1v) is 8.64. The van der Waals surface area contributed by atoms with Crippen molar-refractivity contribution < 1.29 is 4.79 Å². The van der Waals surface area contributed by atoms with Crippen LogP contribution in [0.25, 0.3) is 11.0 Å². The molecule has 0 saturated heterocycles. The zero-order chi connectivity index (χ0) is 16.4. The average molecular weight is 356 g/mol. The Morgan fingerprint density at radius 3 is 2.56 bits per heavy atom. The van der Waals surface area contributed by atoms with Crippen molar-refractivity contribution in [2.75, 3.05) is 5.32 Å². The molecule has 1 saturated carbocycles. The van der Waals surface area contributed by atoms with Crippen LogP contribution in [0.15, 0.2) is 54.9 Å². The Hall–Kier alpha value is -2.33. The smallest absolute Gasteiger partial charge is 0.255 e. The summed E-state index contributed by atoms with van der Waals surface area (Å²) in [6.07, 6.45) is 8.36. The van der Waals surface area contributed by atoms with E-state index < -0.39 is 0 Å². The molecule has 0 atom stereocenters. The molecule has 1 aliphatic carbocycles. The lowest BCUT2D eigenvalue weighted by molar-refractivity contribution is 0.102. The molecule has 2 aromatic carbocycles. The first-order valence-electron chi connectivity index (χ1n) is 8.64. The highest BCUT2D eigenvalue weighted by Crippen LogP contribution is 2.31. The Bertz CT molecular complexity index is 854. The number of rotatable bonds is 3. The van der Waals surface area contributed by atoms with E-state index in [1.807, 2.05) is 48.8 Å². The molecular weight excluding hydrogens is 334 g/mol. The van der Waals surface area contributed by atoms with Gasteiger partial charge in [-0.3, -0.25) is 4.79 Å². The van der Waals surface area contributed by atoms with Crippen LogP contribution >= 0.6 is 12.4 Å². The van der Waals surface area contributed by atoms with E-state index in [0.717, 1.165) is 16.7 Å². The second-order valence-corrected chi connectivity index (χ2v) is 6.47. The number of nitrogens with one attached hydrogen (secondary N) is 1. The average Bonchev–Trinajstić information content (AvgIpc) is 3.06. The Labute approximate surface area is 153 Å². The molecular formula is C20H22ClN3O. The number of fused-ring (bicyclic) bond motifs is 1. The molecule has 4 rings (SSSR count). The molecule has 130 valence electrons. The lowest BCUT2D eigenvalue weighted by Gasteiger charge is -2.23. The number of halogens is 1. The molecule has 1 fully saturated rings. The molecule has 1 amide bonds. The summed E-state index contributed by atoms with van der Waals surface area (Å²) >= 11 is 0. The van der Waals surface area contributed by atoms with Crippen molar-refractivity contribution in [3.05, 3.63) is 60.4 Å². The van der Waals surface area contributed by atoms with Gasteiger partial charge in [-0.2, -0.15) is 0 Å². The van der Waals surface area contributed by atoms with E-state index in [1.165, 1.54) is 32.1 Å². The van der Waals surface area contributed by atoms with Crippen molar-refractivity contribution in [1.82, 2.24) is 9.55 Å². The fourth-order valence-corrected chi connectivity index (χ4v) is 3.55. The summed E-state index contributed by atoms with van der Waals surface area (Å²) in [5, 5.41) is 2.95. The molecule has 0 spiro atoms. The maximum Gasteiger partial charge on any atom is 0.255 e. The summed E-state index contributed by atoms with van der Waals surface area (Å²) < 4.78 is 2.30. The first-order chi connectivity index (χ1) is 11.8. The summed E-state index contributed by atoms with van der Waals surface area (Å²) in [6, 6.07) is 15.8. The van der Waals surface area contributed by atoms with Crippen LogP contribution in [0.4, 0.5) is 5.69 Å². The van der Waals surface area contributed by atoms with Crippen LogP contribution < -0.4 is 5.32 Å². The first kappa shape index (κ1) is 17.5. The highest BCUT2D eigenvalue weighted by molar-refractivity contribution is 6.04. The second kappa shape index (κ2) is 7.70. The molecule has 0 unspecified atom stereocenters. The van der Waals surface area contributed by atoms with Crippen LogP contribution in [0.3, 0.4) is 0 Å². The Morgan fingerprint density at radius 1 is 1.04 bits per heavy atom. The predicted octanol–water partition coefficient (Wildman–Crippen LogP) is 5.22. The van der Waals surface area contributed by atoms with Gasteiger partial charge in [-0.25, -0.2) is 4.98 Å². The van der Waals surface area contributed by atoms with Gasteiger partial charge >= 0.3 is 0 Å². The Morgan fingerprint density at radius 2 is 1.80 bits per heavy atom. The third-order valence-electron chi connectivity index (χ3n) is 4.84. The summed E-state index contributed by atoms with van der Waals surface area (Å²) in [7, 11) is 0. The zero-order valence-corrected chi connectivity index (χ0v) is 14.8. The van der Waals surface area contributed by atoms with E-state index in [0.29, 0.717) is 11.6 Å². The number of hydrogen-bond acceptors (Lipinski definition) is 2. The van der Waals surface area contributed by atoms with E-state index in [-0.39, 0.29) is 18.3 Å². The quantitative estimate of drug-likeness (QED) is 0.700. The van der Waals surface area contributed by atoms with Crippen LogP contribution in [0.1, 0.15) is 48.5 Å². The van der Waals surface area contributed by atoms with Gasteiger partial charge in [0.05, 0.1) is 17.4 Å². The van der Waals surface area contributed by atoms with Gasteiger partial charge in [-0.1, -0.05) is 37.5 Å². The molecule has 0 radical (unpaired) electrons. The minimum Gasteiger partial charge on any atom is -0.327 e. The largest absolute Gasteiger partial charge is 0.327 e. The van der Waals surface area contributed by atoms with Crippen molar-refractivity contribution in [2.45, 2.75) is 38.1 Å². The van der Waals surface area contributed by atoms with Gasteiger partial charge in [0.2, 0.25) is 0 Å². The number of hydrogen-bond donors (Lipinski definition) is 1. The molecule has 1 heterocycles. The van der Waals surface area contributed by atoms with Gasteiger partial charge in [-0.05, 0) is 43.2 Å². The van der Waals surface area contributed by atoms with Gasteiger partial charge in [0.1, 0.15) is 0 Å². The minimum atomic E-state index is -0.0957. The van der Waals surface area contributed by atoms with Crippen molar-refractivity contribution >= 4 is 35.0 Å². The molecule has 0 bridgehead atoms. The Kier molecular flexibility index (Phi) is 5.39. The molecule has 0 aliphatic heterocycles. The minimum absolute atomic E-state index is 0. The van der Waals surface area contributed by atoms with E-state index in [9.17, 15) is 4.79 Å². The number of carbonyl (C=O) groups excluding carboxylic acids is 1. The van der Waals surface area contributed by atoms with Gasteiger partial charge in [0.15, 0.2) is 0 Å². The highest BCUT2D eigenvalue weighted by Gasteiger charge is 2.17. The van der Waals surface area contributed by atoms with Crippen molar-refractivity contribution in [2.24, 2.45) is 0 Å². The molecule has 1 N–H and O–H groups in total. The molecule has 1 aliphatic rings. The maximum atomic E-state index is 12.3. The van der Waals surface area contributed by atoms with E-state index in [2.05, 4.69) is 20.9 Å². The van der Waals surface area contributed by atoms with Gasteiger partial charge in [-0.15, -0.1) is 12.4 Å². The monoisotopic (exact) mass is 355 g/mol. The third-order valence-corrected chi connectivity index (χ3v) is 4.84. The summed E-state index contributed by atoms with van der Waals surface area (Å²) in [5.41, 5.74) is 3.53. The summed E-state index contributed by atoms with van der Waals surface area (Å²) in [4.78, 5) is 16.8. The van der Waals surface area contributed by atoms with Crippen LogP contribution in [-0.2, 0) is 0 Å². The lowest BCUT2D eigenvalue weighted by Crippen LogP contribution is -2.12. The van der Waals surface area contributed by atoms with Crippen molar-refractivity contribution in [3.63, 3.8) is 0 Å². The molecule has 5 heteroatoms. The maximum absolute atomic E-state index is 12.3. The number of imidazole rings is 1. The zero-order valence-electron chi connectivity index (χ0n) is 14.0. The number of nitrogens with zero attached hydrogens (tertiary/aromatic N) is 2. The number of aromatic nitrogens is 2. The van der Waals surface area contributed by atoms with E-state index >= 15 is 0 Å². The van der Waals surface area contributed by atoms with Crippen molar-refractivity contribution in [1.29, 1.82) is 0 Å². The molecule has 25 heavy (non-hydrogen) atoms. The predicted molar refractivity (Wildman–Crippen MR) is 103 cm³/mol. The number of benzene rings is 2. The van der Waals surface area contributed by atoms with Crippen molar-refractivity contribution in [3.8, 4) is 0 Å². The number of amides is 1. The summed E-state index contributed by atoms with van der Waals surface area (Å²) in [5.74, 6) is -0.0957. The fraction of sp³-hybridized carbons (Fsp3) is 0.300. The van der Waals surface area contributed by atoms with Gasteiger partial charge in [0, 0.05) is 17.3 Å². The van der Waals surface area contributed by atoms with Crippen LogP contribution in [0.2, 0.25) is 0 Å². The standard InChI is InChI=1S/C20H21N3O.ClH/c24-20(15-7-3-1-4-8-15)22-16-11-12-19-18(13-16)21-14-23(19)17-9-5-2-6-10-17;/h1,3-4,7-8,11-14,17H,2,5-6,9-10H2,(H,22,24);1H. The van der Waals surface area contributed by atoms with Gasteiger partial charge in [0.25, 0.3) is 5.91 Å². The van der Waals surface area contributed by atoms with Gasteiger partial charge < -0.3 is 9.88 Å². The summed E-state index contributed by atoms with van der Waals surface area (Å²) in [6.45, 7) is 0. The fourth-order valence-electron chi connectivity index (χ4n) is 3.55. The SMILES string of the molecule is Cl.O=C(Nc1ccc2c(c1)ncn2C1CCCCC1)c1ccccc1. The topological polar surface area (TPSA) is 46.9 Å². The Balaban J connectivity index is 0.00000182. The molecule has 1 aromatic heterocycles. The van der Waals surface area contributed by atoms with Crippen LogP contribution in [0.5, 0.6) is 0 Å². The molecule has 4 nitrogen and oxygen atoms in total. The van der Waals surface area contributed by atoms with Crippen LogP contribution in [-0.4, -0.2) is 15.5 Å². The third kappa shape index (κ3) is 3.69. The van der Waals surface area contributed by atoms with E-state index in [1.54, 1.807) is 0 Å². The molecule has 3 aromatic rings.